The van der Waals surface area contributed by atoms with Crippen LogP contribution in [0, 0.1) is 0 Å². The molecule has 1 aromatic rings. The number of amides is 1. The molecular formula is C14H23ClN2O. The number of carbonyl (C=O) groups is 1. The molecule has 0 bridgehead atoms. The maximum Gasteiger partial charge on any atom is 0.223 e. The molecule has 0 fully saturated rings. The number of nitrogens with two attached hydrogens (primary N) is 1. The van der Waals surface area contributed by atoms with Gasteiger partial charge in [0.1, 0.15) is 0 Å². The van der Waals surface area contributed by atoms with E-state index in [4.69, 9.17) is 5.73 Å². The normalized spacial score (nSPS) is 13.3. The number of hydrogen-bond donors (Lipinski definition) is 1. The molecule has 4 heteroatoms. The number of hydrogen-bond acceptors (Lipinski definition) is 2. The minimum Gasteiger partial charge on any atom is -0.345 e. The standard InChI is InChI=1S/C14H22N2O.ClH/c1-11(13-7-5-4-6-8-13)10-16(3)14(17)9-12(2)15;/h4-8,11-12H,9-10,15H2,1-3H3;1H. The molecule has 3 nitrogen and oxygen atoms in total. The zero-order valence-corrected chi connectivity index (χ0v) is 12.1. The molecule has 0 aliphatic rings. The van der Waals surface area contributed by atoms with Crippen molar-refractivity contribution in [1.82, 2.24) is 4.90 Å². The fraction of sp³-hybridized carbons (Fsp3) is 0.500. The fourth-order valence-corrected chi connectivity index (χ4v) is 1.83. The lowest BCUT2D eigenvalue weighted by molar-refractivity contribution is -0.130. The lowest BCUT2D eigenvalue weighted by atomic mass is 10.0. The van der Waals surface area contributed by atoms with Gasteiger partial charge < -0.3 is 10.6 Å². The molecule has 0 aromatic heterocycles. The highest BCUT2D eigenvalue weighted by Gasteiger charge is 2.14. The maximum atomic E-state index is 11.8. The molecule has 0 spiro atoms. The average Bonchev–Trinajstić information content (AvgIpc) is 2.29. The second kappa shape index (κ2) is 8.11. The van der Waals surface area contributed by atoms with Crippen molar-refractivity contribution in [2.24, 2.45) is 5.73 Å². The Kier molecular flexibility index (Phi) is 7.64. The van der Waals surface area contributed by atoms with Gasteiger partial charge in [-0.2, -0.15) is 0 Å². The van der Waals surface area contributed by atoms with Crippen LogP contribution in [0.15, 0.2) is 30.3 Å². The first-order chi connectivity index (χ1) is 8.00. The summed E-state index contributed by atoms with van der Waals surface area (Å²) < 4.78 is 0. The number of nitrogens with zero attached hydrogens (tertiary/aromatic N) is 1. The highest BCUT2D eigenvalue weighted by atomic mass is 35.5. The zero-order valence-electron chi connectivity index (χ0n) is 11.3. The van der Waals surface area contributed by atoms with Gasteiger partial charge in [0.2, 0.25) is 5.91 Å². The van der Waals surface area contributed by atoms with Gasteiger partial charge in [0.25, 0.3) is 0 Å². The molecule has 0 aliphatic heterocycles. The van der Waals surface area contributed by atoms with Gasteiger partial charge in [0.15, 0.2) is 0 Å². The van der Waals surface area contributed by atoms with Crippen LogP contribution in [0.1, 0.15) is 31.7 Å². The highest BCUT2D eigenvalue weighted by molar-refractivity contribution is 5.85. The van der Waals surface area contributed by atoms with Gasteiger partial charge in [-0.1, -0.05) is 37.3 Å². The van der Waals surface area contributed by atoms with Gasteiger partial charge >= 0.3 is 0 Å². The van der Waals surface area contributed by atoms with Crippen LogP contribution in [0.3, 0.4) is 0 Å². The Hall–Kier alpha value is -1.06. The summed E-state index contributed by atoms with van der Waals surface area (Å²) in [5, 5.41) is 0. The van der Waals surface area contributed by atoms with Crippen LogP contribution in [0.25, 0.3) is 0 Å². The molecule has 0 radical (unpaired) electrons. The van der Waals surface area contributed by atoms with Crippen molar-refractivity contribution in [2.45, 2.75) is 32.2 Å². The third-order valence-corrected chi connectivity index (χ3v) is 2.84. The predicted molar refractivity (Wildman–Crippen MR) is 78.0 cm³/mol. The molecule has 2 N–H and O–H groups in total. The summed E-state index contributed by atoms with van der Waals surface area (Å²) in [6, 6.07) is 10.2. The van der Waals surface area contributed by atoms with E-state index in [1.165, 1.54) is 5.56 Å². The molecule has 1 amide bonds. The SMILES string of the molecule is CC(N)CC(=O)N(C)CC(C)c1ccccc1.Cl. The first kappa shape index (κ1) is 16.9. The third-order valence-electron chi connectivity index (χ3n) is 2.84. The number of carbonyl (C=O) groups excluding carboxylic acids is 1. The van der Waals surface area contributed by atoms with Crippen molar-refractivity contribution in [3.8, 4) is 0 Å². The molecule has 0 heterocycles. The Labute approximate surface area is 116 Å². The van der Waals surface area contributed by atoms with E-state index in [-0.39, 0.29) is 24.4 Å². The van der Waals surface area contributed by atoms with Crippen LogP contribution < -0.4 is 5.73 Å². The maximum absolute atomic E-state index is 11.8. The lowest BCUT2D eigenvalue weighted by Gasteiger charge is -2.22. The molecule has 1 aromatic carbocycles. The number of rotatable bonds is 5. The van der Waals surface area contributed by atoms with Crippen LogP contribution in [0.2, 0.25) is 0 Å². The Morgan fingerprint density at radius 3 is 2.33 bits per heavy atom. The Morgan fingerprint density at radius 1 is 1.28 bits per heavy atom. The molecule has 102 valence electrons. The first-order valence-corrected chi connectivity index (χ1v) is 6.05. The summed E-state index contributed by atoms with van der Waals surface area (Å²) >= 11 is 0. The topological polar surface area (TPSA) is 46.3 Å². The molecule has 18 heavy (non-hydrogen) atoms. The van der Waals surface area contributed by atoms with Gasteiger partial charge in [-0.15, -0.1) is 12.4 Å². The van der Waals surface area contributed by atoms with Crippen molar-refractivity contribution in [3.63, 3.8) is 0 Å². The quantitative estimate of drug-likeness (QED) is 0.893. The van der Waals surface area contributed by atoms with Crippen LogP contribution in [-0.2, 0) is 4.79 Å². The highest BCUT2D eigenvalue weighted by Crippen LogP contribution is 2.15. The van der Waals surface area contributed by atoms with Gasteiger partial charge in [-0.25, -0.2) is 0 Å². The summed E-state index contributed by atoms with van der Waals surface area (Å²) in [7, 11) is 1.84. The summed E-state index contributed by atoms with van der Waals surface area (Å²) in [6.45, 7) is 4.72. The minimum atomic E-state index is -0.0722. The van der Waals surface area contributed by atoms with E-state index in [0.717, 1.165) is 6.54 Å². The Bertz CT molecular complexity index is 354. The first-order valence-electron chi connectivity index (χ1n) is 6.05. The van der Waals surface area contributed by atoms with E-state index in [0.29, 0.717) is 12.3 Å². The lowest BCUT2D eigenvalue weighted by Crippen LogP contribution is -2.34. The molecule has 1 rings (SSSR count). The zero-order chi connectivity index (χ0) is 12.8. The predicted octanol–water partition coefficient (Wildman–Crippen LogP) is 2.41. The molecule has 0 saturated carbocycles. The minimum absolute atomic E-state index is 0. The van der Waals surface area contributed by atoms with E-state index in [9.17, 15) is 4.79 Å². The molecule has 0 saturated heterocycles. The van der Waals surface area contributed by atoms with Crippen LogP contribution >= 0.6 is 12.4 Å². The van der Waals surface area contributed by atoms with Crippen molar-refractivity contribution < 1.29 is 4.79 Å². The van der Waals surface area contributed by atoms with E-state index in [1.54, 1.807) is 4.90 Å². The van der Waals surface area contributed by atoms with E-state index in [1.807, 2.05) is 32.2 Å². The van der Waals surface area contributed by atoms with Crippen molar-refractivity contribution in [3.05, 3.63) is 35.9 Å². The smallest absolute Gasteiger partial charge is 0.223 e. The van der Waals surface area contributed by atoms with Crippen LogP contribution in [-0.4, -0.2) is 30.4 Å². The molecule has 2 atom stereocenters. The Morgan fingerprint density at radius 2 is 1.83 bits per heavy atom. The summed E-state index contributed by atoms with van der Waals surface area (Å²) in [5.41, 5.74) is 6.88. The summed E-state index contributed by atoms with van der Waals surface area (Å²) in [5.74, 6) is 0.459. The monoisotopic (exact) mass is 270 g/mol. The van der Waals surface area contributed by atoms with Crippen LogP contribution in [0.4, 0.5) is 0 Å². The number of halogens is 1. The average molecular weight is 271 g/mol. The van der Waals surface area contributed by atoms with Crippen molar-refractivity contribution in [1.29, 1.82) is 0 Å². The van der Waals surface area contributed by atoms with Crippen molar-refractivity contribution >= 4 is 18.3 Å². The fourth-order valence-electron chi connectivity index (χ4n) is 1.83. The van der Waals surface area contributed by atoms with Gasteiger partial charge in [-0.3, -0.25) is 4.79 Å². The summed E-state index contributed by atoms with van der Waals surface area (Å²) in [6.07, 6.45) is 0.415. The molecular weight excluding hydrogens is 248 g/mol. The van der Waals surface area contributed by atoms with E-state index >= 15 is 0 Å². The van der Waals surface area contributed by atoms with E-state index < -0.39 is 0 Å². The van der Waals surface area contributed by atoms with E-state index in [2.05, 4.69) is 19.1 Å². The number of likely N-dealkylation sites (N-methyl/N-ethyl adjacent to an activating group) is 1. The molecule has 0 aliphatic carbocycles. The van der Waals surface area contributed by atoms with Crippen molar-refractivity contribution in [2.75, 3.05) is 13.6 Å². The van der Waals surface area contributed by atoms with Gasteiger partial charge in [-0.05, 0) is 18.4 Å². The van der Waals surface area contributed by atoms with Gasteiger partial charge in [0, 0.05) is 26.1 Å². The number of benzene rings is 1. The summed E-state index contributed by atoms with van der Waals surface area (Å²) in [4.78, 5) is 13.5. The molecule has 2 unspecified atom stereocenters. The second-order valence-electron chi connectivity index (χ2n) is 4.77. The largest absolute Gasteiger partial charge is 0.345 e. The second-order valence-corrected chi connectivity index (χ2v) is 4.77. The Balaban J connectivity index is 0.00000289. The van der Waals surface area contributed by atoms with Gasteiger partial charge in [0.05, 0.1) is 0 Å². The third kappa shape index (κ3) is 5.52. The van der Waals surface area contributed by atoms with Crippen LogP contribution in [0.5, 0.6) is 0 Å².